The predicted molar refractivity (Wildman–Crippen MR) is 153 cm³/mol. The highest BCUT2D eigenvalue weighted by molar-refractivity contribution is 8.01. The zero-order chi connectivity index (χ0) is 27.2. The number of aryl methyl sites for hydroxylation is 1. The van der Waals surface area contributed by atoms with Crippen LogP contribution in [0.1, 0.15) is 53.0 Å². The van der Waals surface area contributed by atoms with Crippen LogP contribution in [-0.2, 0) is 27.4 Å². The van der Waals surface area contributed by atoms with Crippen molar-refractivity contribution in [1.29, 1.82) is 0 Å². The molecule has 1 aliphatic rings. The highest BCUT2D eigenvalue weighted by atomic mass is 32.2. The van der Waals surface area contributed by atoms with Crippen molar-refractivity contribution in [1.82, 2.24) is 15.5 Å². The SMILES string of the molecule is CC(=O)NCc1ccccc1-c1ccc([C@H]2O[C@@H](CSc3nnc(C)s3)C[C@@H](c3ccc(CO)cc3)O2)cc1. The van der Waals surface area contributed by atoms with Crippen LogP contribution in [0.25, 0.3) is 11.1 Å². The molecule has 1 aromatic heterocycles. The van der Waals surface area contributed by atoms with Crippen molar-refractivity contribution in [2.24, 2.45) is 0 Å². The van der Waals surface area contributed by atoms with E-state index in [2.05, 4.69) is 33.7 Å². The molecule has 2 N–H and O–H groups in total. The first-order chi connectivity index (χ1) is 19.0. The van der Waals surface area contributed by atoms with Gasteiger partial charge in [0.1, 0.15) is 5.01 Å². The number of ether oxygens (including phenoxy) is 2. The normalized spacial score (nSPS) is 19.1. The summed E-state index contributed by atoms with van der Waals surface area (Å²) in [6.45, 7) is 3.97. The molecule has 1 amide bonds. The molecule has 0 bridgehead atoms. The lowest BCUT2D eigenvalue weighted by molar-refractivity contribution is -0.245. The molecule has 1 saturated heterocycles. The average molecular weight is 562 g/mol. The fraction of sp³-hybridized carbons (Fsp3) is 0.300. The number of nitrogens with zero attached hydrogens (tertiary/aromatic N) is 2. The first-order valence-corrected chi connectivity index (χ1v) is 14.6. The van der Waals surface area contributed by atoms with E-state index in [1.807, 2.05) is 61.5 Å². The Morgan fingerprint density at radius 1 is 1.03 bits per heavy atom. The summed E-state index contributed by atoms with van der Waals surface area (Å²) >= 11 is 3.25. The van der Waals surface area contributed by atoms with Crippen LogP contribution in [0.2, 0.25) is 0 Å². The molecule has 39 heavy (non-hydrogen) atoms. The van der Waals surface area contributed by atoms with E-state index in [0.717, 1.165) is 48.5 Å². The van der Waals surface area contributed by atoms with Crippen molar-refractivity contribution >= 4 is 29.0 Å². The Hall–Kier alpha value is -3.08. The maximum absolute atomic E-state index is 11.4. The van der Waals surface area contributed by atoms with Crippen LogP contribution in [0, 0.1) is 6.92 Å². The van der Waals surface area contributed by atoms with Crippen LogP contribution in [0.5, 0.6) is 0 Å². The first-order valence-electron chi connectivity index (χ1n) is 12.8. The minimum atomic E-state index is -0.522. The molecule has 0 unspecified atom stereocenters. The highest BCUT2D eigenvalue weighted by Crippen LogP contribution is 2.40. The molecule has 5 rings (SSSR count). The highest BCUT2D eigenvalue weighted by Gasteiger charge is 2.32. The second-order valence-electron chi connectivity index (χ2n) is 9.44. The van der Waals surface area contributed by atoms with Crippen molar-refractivity contribution in [3.63, 3.8) is 0 Å². The van der Waals surface area contributed by atoms with E-state index >= 15 is 0 Å². The molecule has 3 atom stereocenters. The van der Waals surface area contributed by atoms with Gasteiger partial charge in [-0.1, -0.05) is 95.9 Å². The number of aliphatic hydroxyl groups excluding tert-OH is 1. The number of thioether (sulfide) groups is 1. The molecule has 1 aliphatic heterocycles. The lowest BCUT2D eigenvalue weighted by Gasteiger charge is -2.36. The van der Waals surface area contributed by atoms with Gasteiger partial charge < -0.3 is 19.9 Å². The third-order valence-electron chi connectivity index (χ3n) is 6.55. The van der Waals surface area contributed by atoms with Crippen molar-refractivity contribution in [2.45, 2.75) is 56.3 Å². The molecule has 0 saturated carbocycles. The number of aliphatic hydroxyl groups is 1. The summed E-state index contributed by atoms with van der Waals surface area (Å²) < 4.78 is 13.9. The van der Waals surface area contributed by atoms with Gasteiger partial charge in [0.25, 0.3) is 0 Å². The molecule has 3 aromatic carbocycles. The van der Waals surface area contributed by atoms with Gasteiger partial charge in [0.2, 0.25) is 5.91 Å². The van der Waals surface area contributed by atoms with Gasteiger partial charge in [-0.2, -0.15) is 0 Å². The Kier molecular flexibility index (Phi) is 9.06. The number of benzene rings is 3. The molecule has 2 heterocycles. The Bertz CT molecular complexity index is 1390. The smallest absolute Gasteiger partial charge is 0.217 e. The zero-order valence-corrected chi connectivity index (χ0v) is 23.5. The number of rotatable bonds is 9. The molecular weight excluding hydrogens is 530 g/mol. The number of hydrogen-bond donors (Lipinski definition) is 2. The topological polar surface area (TPSA) is 93.6 Å². The number of aromatic nitrogens is 2. The quantitative estimate of drug-likeness (QED) is 0.243. The average Bonchev–Trinajstić information content (AvgIpc) is 3.40. The van der Waals surface area contributed by atoms with E-state index in [1.54, 1.807) is 23.1 Å². The monoisotopic (exact) mass is 561 g/mol. The first kappa shape index (κ1) is 27.5. The summed E-state index contributed by atoms with van der Waals surface area (Å²) in [4.78, 5) is 11.4. The second kappa shape index (κ2) is 12.8. The minimum Gasteiger partial charge on any atom is -0.392 e. The number of carbonyl (C=O) groups is 1. The van der Waals surface area contributed by atoms with Crippen molar-refractivity contribution in [3.8, 4) is 11.1 Å². The minimum absolute atomic E-state index is 0.0123. The van der Waals surface area contributed by atoms with Crippen molar-refractivity contribution in [3.05, 3.63) is 100 Å². The summed E-state index contributed by atoms with van der Waals surface area (Å²) in [6, 6.07) is 24.2. The Balaban J connectivity index is 1.36. The lowest BCUT2D eigenvalue weighted by Crippen LogP contribution is -2.31. The van der Waals surface area contributed by atoms with E-state index in [9.17, 15) is 9.90 Å². The molecular formula is C30H31N3O4S2. The van der Waals surface area contributed by atoms with Gasteiger partial charge in [-0.15, -0.1) is 10.2 Å². The third-order valence-corrected chi connectivity index (χ3v) is 8.66. The van der Waals surface area contributed by atoms with Crippen LogP contribution in [-0.4, -0.2) is 33.1 Å². The second-order valence-corrected chi connectivity index (χ2v) is 11.9. The summed E-state index contributed by atoms with van der Waals surface area (Å²) in [7, 11) is 0. The zero-order valence-electron chi connectivity index (χ0n) is 21.9. The molecule has 202 valence electrons. The molecule has 7 nitrogen and oxygen atoms in total. The lowest BCUT2D eigenvalue weighted by atomic mass is 9.98. The van der Waals surface area contributed by atoms with Crippen molar-refractivity contribution in [2.75, 3.05) is 5.75 Å². The van der Waals surface area contributed by atoms with Crippen LogP contribution in [0.4, 0.5) is 0 Å². The summed E-state index contributed by atoms with van der Waals surface area (Å²) in [6.07, 6.45) is 0.00972. The van der Waals surface area contributed by atoms with Crippen molar-refractivity contribution < 1.29 is 19.4 Å². The maximum Gasteiger partial charge on any atom is 0.217 e. The number of amides is 1. The molecule has 9 heteroatoms. The maximum atomic E-state index is 11.4. The Labute approximate surface area is 236 Å². The fourth-order valence-corrected chi connectivity index (χ4v) is 6.38. The summed E-state index contributed by atoms with van der Waals surface area (Å²) in [5.41, 5.74) is 6.07. The van der Waals surface area contributed by atoms with Gasteiger partial charge in [-0.3, -0.25) is 4.79 Å². The van der Waals surface area contributed by atoms with E-state index in [0.29, 0.717) is 13.0 Å². The van der Waals surface area contributed by atoms with Crippen LogP contribution in [0.15, 0.2) is 77.1 Å². The van der Waals surface area contributed by atoms with Gasteiger partial charge in [-0.25, -0.2) is 0 Å². The molecule has 0 radical (unpaired) electrons. The van der Waals surface area contributed by atoms with Crippen LogP contribution < -0.4 is 5.32 Å². The molecule has 4 aromatic rings. The van der Waals surface area contributed by atoms with E-state index in [1.165, 1.54) is 6.92 Å². The van der Waals surface area contributed by atoms with Gasteiger partial charge in [0.05, 0.1) is 18.8 Å². The number of nitrogens with one attached hydrogen (secondary N) is 1. The summed E-state index contributed by atoms with van der Waals surface area (Å²) in [5.74, 6) is 0.690. The number of carbonyl (C=O) groups excluding carboxylic acids is 1. The number of hydrogen-bond acceptors (Lipinski definition) is 8. The molecule has 1 fully saturated rings. The Morgan fingerprint density at radius 3 is 2.46 bits per heavy atom. The fourth-order valence-electron chi connectivity index (χ4n) is 4.52. The van der Waals surface area contributed by atoms with Gasteiger partial charge in [0, 0.05) is 31.2 Å². The van der Waals surface area contributed by atoms with E-state index in [-0.39, 0.29) is 24.7 Å². The van der Waals surface area contributed by atoms with Crippen LogP contribution in [0.3, 0.4) is 0 Å². The molecule has 0 aliphatic carbocycles. The Morgan fingerprint density at radius 2 is 1.77 bits per heavy atom. The van der Waals surface area contributed by atoms with Gasteiger partial charge in [-0.05, 0) is 34.7 Å². The standard InChI is InChI=1S/C30H31N3O4S2/c1-19(35)31-16-25-5-3-4-6-27(25)22-11-13-24(14-12-22)29-36-26(18-38-30-33-32-20(2)39-30)15-28(37-29)23-9-7-21(17-34)8-10-23/h3-14,26,28-29,34H,15-18H2,1-2H3,(H,31,35)/t26-,28+,29+/m1/s1. The largest absolute Gasteiger partial charge is 0.392 e. The summed E-state index contributed by atoms with van der Waals surface area (Å²) in [5, 5.41) is 21.6. The van der Waals surface area contributed by atoms with E-state index in [4.69, 9.17) is 9.47 Å². The van der Waals surface area contributed by atoms with Gasteiger partial charge in [0.15, 0.2) is 10.6 Å². The van der Waals surface area contributed by atoms with E-state index < -0.39 is 6.29 Å². The third kappa shape index (κ3) is 7.12. The van der Waals surface area contributed by atoms with Gasteiger partial charge >= 0.3 is 0 Å². The predicted octanol–water partition coefficient (Wildman–Crippen LogP) is 5.98. The van der Waals surface area contributed by atoms with Crippen LogP contribution >= 0.6 is 23.1 Å². The molecule has 0 spiro atoms.